The molecule has 0 saturated carbocycles. The van der Waals surface area contributed by atoms with E-state index in [1.165, 1.54) is 0 Å². The molecule has 0 heterocycles. The van der Waals surface area contributed by atoms with Gasteiger partial charge in [-0.25, -0.2) is 8.78 Å². The summed E-state index contributed by atoms with van der Waals surface area (Å²) in [6, 6.07) is -0.203. The fourth-order valence-electron chi connectivity index (χ4n) is 1.59. The Morgan fingerprint density at radius 2 is 1.86 bits per heavy atom. The second kappa shape index (κ2) is 6.47. The summed E-state index contributed by atoms with van der Waals surface area (Å²) in [5, 5.41) is 9.11. The summed E-state index contributed by atoms with van der Waals surface area (Å²) in [6.07, 6.45) is 0. The number of hydrogen-bond acceptors (Lipinski definition) is 4. The monoisotopic (exact) mass is 305 g/mol. The van der Waals surface area contributed by atoms with Crippen LogP contribution < -0.4 is 0 Å². The van der Waals surface area contributed by atoms with Crippen LogP contribution in [0.5, 0.6) is 5.75 Å². The van der Waals surface area contributed by atoms with E-state index in [0.29, 0.717) is 6.07 Å². The predicted molar refractivity (Wildman–Crippen MR) is 66.2 cm³/mol. The van der Waals surface area contributed by atoms with Crippen molar-refractivity contribution in [3.63, 3.8) is 0 Å². The van der Waals surface area contributed by atoms with Crippen molar-refractivity contribution in [1.29, 1.82) is 0 Å². The van der Waals surface area contributed by atoms with Crippen LogP contribution in [0.25, 0.3) is 0 Å². The first kappa shape index (κ1) is 16.8. The Hall–Kier alpha value is -2.25. The number of methoxy groups -OCH3 is 1. The van der Waals surface area contributed by atoms with Gasteiger partial charge in [0.2, 0.25) is 5.82 Å². The van der Waals surface area contributed by atoms with Crippen LogP contribution in [0.2, 0.25) is 0 Å². The number of aromatic hydroxyl groups is 1. The molecule has 0 fully saturated rings. The zero-order chi connectivity index (χ0) is 16.3. The highest BCUT2D eigenvalue weighted by molar-refractivity contribution is 5.96. The van der Waals surface area contributed by atoms with Crippen LogP contribution in [0.15, 0.2) is 6.07 Å². The molecule has 0 aliphatic carbocycles. The van der Waals surface area contributed by atoms with Crippen molar-refractivity contribution in [3.8, 4) is 5.75 Å². The highest BCUT2D eigenvalue weighted by atomic mass is 19.2. The number of esters is 1. The lowest BCUT2D eigenvalue weighted by Gasteiger charge is -2.25. The van der Waals surface area contributed by atoms with Gasteiger partial charge in [-0.1, -0.05) is 0 Å². The Bertz CT molecular complexity index is 575. The number of ether oxygens (including phenoxy) is 1. The fraction of sp³-hybridized carbons (Fsp3) is 0.385. The summed E-state index contributed by atoms with van der Waals surface area (Å²) in [4.78, 5) is 24.3. The molecule has 0 atom stereocenters. The van der Waals surface area contributed by atoms with Gasteiger partial charge in [0.05, 0.1) is 12.7 Å². The van der Waals surface area contributed by atoms with E-state index in [1.807, 2.05) is 0 Å². The maximum atomic E-state index is 13.7. The molecule has 1 N–H and O–H groups in total. The molecule has 0 bridgehead atoms. The predicted octanol–water partition coefficient (Wildman–Crippen LogP) is 1.83. The zero-order valence-electron chi connectivity index (χ0n) is 11.6. The van der Waals surface area contributed by atoms with Crippen molar-refractivity contribution in [2.75, 3.05) is 13.7 Å². The molecule has 0 saturated heterocycles. The number of carbonyl (C=O) groups is 2. The van der Waals surface area contributed by atoms with Crippen LogP contribution in [0.3, 0.4) is 0 Å². The molecule has 0 radical (unpaired) electrons. The lowest BCUT2D eigenvalue weighted by atomic mass is 10.1. The summed E-state index contributed by atoms with van der Waals surface area (Å²) < 4.78 is 44.3. The maximum absolute atomic E-state index is 13.7. The van der Waals surface area contributed by atoms with Crippen molar-refractivity contribution in [2.45, 2.75) is 19.9 Å². The molecule has 5 nitrogen and oxygen atoms in total. The number of halogens is 3. The van der Waals surface area contributed by atoms with Gasteiger partial charge < -0.3 is 14.7 Å². The minimum Gasteiger partial charge on any atom is -0.503 e. The largest absolute Gasteiger partial charge is 0.503 e. The van der Waals surface area contributed by atoms with Gasteiger partial charge in [0.25, 0.3) is 5.91 Å². The van der Waals surface area contributed by atoms with Gasteiger partial charge in [-0.15, -0.1) is 0 Å². The van der Waals surface area contributed by atoms with Crippen LogP contribution in [-0.2, 0) is 9.53 Å². The molecule has 0 aliphatic heterocycles. The molecule has 21 heavy (non-hydrogen) atoms. The number of hydrogen-bond donors (Lipinski definition) is 1. The third-order valence-corrected chi connectivity index (χ3v) is 2.77. The van der Waals surface area contributed by atoms with Gasteiger partial charge in [-0.05, 0) is 19.9 Å². The average Bonchev–Trinajstić information content (AvgIpc) is 2.44. The first-order chi connectivity index (χ1) is 9.70. The normalized spacial score (nSPS) is 10.6. The van der Waals surface area contributed by atoms with E-state index in [1.54, 1.807) is 13.8 Å². The number of amides is 1. The van der Waals surface area contributed by atoms with Gasteiger partial charge >= 0.3 is 5.97 Å². The molecular weight excluding hydrogens is 291 g/mol. The lowest BCUT2D eigenvalue weighted by Crippen LogP contribution is -2.41. The van der Waals surface area contributed by atoms with E-state index >= 15 is 0 Å². The maximum Gasteiger partial charge on any atom is 0.325 e. The first-order valence-electron chi connectivity index (χ1n) is 5.94. The van der Waals surface area contributed by atoms with E-state index in [0.717, 1.165) is 12.0 Å². The van der Waals surface area contributed by atoms with Crippen LogP contribution in [-0.4, -0.2) is 41.6 Å². The average molecular weight is 305 g/mol. The van der Waals surface area contributed by atoms with E-state index < -0.39 is 53.2 Å². The standard InChI is InChI=1S/C13H14F3NO4/c1-6(2)17(5-9(18)21-3)13(20)7-4-8(14)11(16)12(19)10(7)15/h4,6,19H,5H2,1-3H3. The van der Waals surface area contributed by atoms with Gasteiger partial charge in [0.1, 0.15) is 6.54 Å². The Labute approximate surface area is 118 Å². The third kappa shape index (κ3) is 3.45. The quantitative estimate of drug-likeness (QED) is 0.681. The molecule has 1 amide bonds. The van der Waals surface area contributed by atoms with E-state index in [9.17, 15) is 22.8 Å². The van der Waals surface area contributed by atoms with E-state index in [2.05, 4.69) is 4.74 Å². The molecule has 0 spiro atoms. The van der Waals surface area contributed by atoms with Gasteiger partial charge in [-0.3, -0.25) is 9.59 Å². The number of benzene rings is 1. The fourth-order valence-corrected chi connectivity index (χ4v) is 1.59. The molecule has 0 aliphatic rings. The van der Waals surface area contributed by atoms with Crippen LogP contribution in [0.4, 0.5) is 13.2 Å². The summed E-state index contributed by atoms with van der Waals surface area (Å²) in [5.41, 5.74) is -0.871. The van der Waals surface area contributed by atoms with Crippen molar-refractivity contribution < 1.29 is 32.6 Å². The summed E-state index contributed by atoms with van der Waals surface area (Å²) >= 11 is 0. The van der Waals surface area contributed by atoms with Crippen molar-refractivity contribution >= 4 is 11.9 Å². The summed E-state index contributed by atoms with van der Waals surface area (Å²) in [5.74, 6) is -8.35. The Morgan fingerprint density at radius 1 is 1.29 bits per heavy atom. The highest BCUT2D eigenvalue weighted by Gasteiger charge is 2.28. The second-order valence-electron chi connectivity index (χ2n) is 4.49. The molecular formula is C13H14F3NO4. The number of rotatable bonds is 4. The summed E-state index contributed by atoms with van der Waals surface area (Å²) in [7, 11) is 1.11. The van der Waals surface area contributed by atoms with Crippen molar-refractivity contribution in [1.82, 2.24) is 4.90 Å². The first-order valence-corrected chi connectivity index (χ1v) is 5.94. The molecule has 1 rings (SSSR count). The van der Waals surface area contributed by atoms with Crippen molar-refractivity contribution in [2.24, 2.45) is 0 Å². The topological polar surface area (TPSA) is 66.8 Å². The van der Waals surface area contributed by atoms with Crippen LogP contribution >= 0.6 is 0 Å². The lowest BCUT2D eigenvalue weighted by molar-refractivity contribution is -0.141. The SMILES string of the molecule is COC(=O)CN(C(=O)c1cc(F)c(F)c(O)c1F)C(C)C. The Balaban J connectivity index is 3.25. The number of phenols is 1. The number of nitrogens with zero attached hydrogens (tertiary/aromatic N) is 1. The highest BCUT2D eigenvalue weighted by Crippen LogP contribution is 2.27. The molecule has 0 aromatic heterocycles. The zero-order valence-corrected chi connectivity index (χ0v) is 11.6. The van der Waals surface area contributed by atoms with E-state index in [4.69, 9.17) is 5.11 Å². The van der Waals surface area contributed by atoms with Gasteiger partial charge in [0.15, 0.2) is 17.4 Å². The third-order valence-electron chi connectivity index (χ3n) is 2.77. The van der Waals surface area contributed by atoms with Crippen molar-refractivity contribution in [3.05, 3.63) is 29.1 Å². The van der Waals surface area contributed by atoms with Gasteiger partial charge in [-0.2, -0.15) is 4.39 Å². The second-order valence-corrected chi connectivity index (χ2v) is 4.49. The minimum absolute atomic E-state index is 0.333. The molecule has 116 valence electrons. The van der Waals surface area contributed by atoms with Crippen LogP contribution in [0, 0.1) is 17.5 Å². The number of carbonyl (C=O) groups excluding carboxylic acids is 2. The summed E-state index contributed by atoms with van der Waals surface area (Å²) in [6.45, 7) is 2.59. The molecule has 1 aromatic carbocycles. The van der Waals surface area contributed by atoms with Gasteiger partial charge in [0, 0.05) is 6.04 Å². The number of phenolic OH excluding ortho intramolecular Hbond substituents is 1. The van der Waals surface area contributed by atoms with E-state index in [-0.39, 0.29) is 0 Å². The molecule has 1 aromatic rings. The Morgan fingerprint density at radius 3 is 2.33 bits per heavy atom. The smallest absolute Gasteiger partial charge is 0.325 e. The molecule has 0 unspecified atom stereocenters. The van der Waals surface area contributed by atoms with Crippen LogP contribution in [0.1, 0.15) is 24.2 Å². The Kier molecular flexibility index (Phi) is 5.17. The minimum atomic E-state index is -1.78. The molecule has 8 heteroatoms.